The van der Waals surface area contributed by atoms with E-state index >= 15 is 0 Å². The van der Waals surface area contributed by atoms with Gasteiger partial charge in [0.25, 0.3) is 0 Å². The second-order valence-electron chi connectivity index (χ2n) is 4.57. The molecule has 1 aliphatic rings. The Kier molecular flexibility index (Phi) is 2.72. The number of fused-ring (bicyclic) bond motifs is 1. The van der Waals surface area contributed by atoms with Crippen molar-refractivity contribution >= 4 is 33.3 Å². The molecule has 0 saturated heterocycles. The molecule has 2 aromatic rings. The van der Waals surface area contributed by atoms with Crippen LogP contribution in [0.5, 0.6) is 0 Å². The minimum absolute atomic E-state index is 1.08. The second-order valence-corrected chi connectivity index (χ2v) is 6.65. The van der Waals surface area contributed by atoms with E-state index in [4.69, 9.17) is 0 Å². The number of allylic oxidation sites excluding steroid dienone is 1. The maximum absolute atomic E-state index is 3.78. The lowest BCUT2D eigenvalue weighted by atomic mass is 10.0. The Morgan fingerprint density at radius 1 is 1.12 bits per heavy atom. The van der Waals surface area contributed by atoms with Gasteiger partial charge in [0.1, 0.15) is 0 Å². The number of thiophene rings is 1. The van der Waals surface area contributed by atoms with Gasteiger partial charge in [-0.15, -0.1) is 11.3 Å². The van der Waals surface area contributed by atoms with Crippen LogP contribution in [0.25, 0.3) is 16.5 Å². The maximum atomic E-state index is 3.78. The summed E-state index contributed by atoms with van der Waals surface area (Å²) >= 11 is 5.63. The van der Waals surface area contributed by atoms with E-state index in [1.54, 1.807) is 0 Å². The van der Waals surface area contributed by atoms with E-state index in [1.165, 1.54) is 36.5 Å². The van der Waals surface area contributed by atoms with Crippen LogP contribution in [0.2, 0.25) is 0 Å². The van der Waals surface area contributed by atoms with Crippen LogP contribution in [0.1, 0.15) is 22.9 Å². The standard InChI is InChI=1S/C15H13BrS/c1-9-7-11-4-5-12(15(16)13(11)8-9)14-6-3-10(2)17-14/h3-7H,8H2,1-2H3. The number of benzene rings is 1. The maximum Gasteiger partial charge on any atom is 0.0356 e. The molecule has 0 unspecified atom stereocenters. The molecule has 0 N–H and O–H groups in total. The van der Waals surface area contributed by atoms with Crippen LogP contribution < -0.4 is 0 Å². The summed E-state index contributed by atoms with van der Waals surface area (Å²) in [6.45, 7) is 4.35. The summed E-state index contributed by atoms with van der Waals surface area (Å²) in [4.78, 5) is 2.71. The Labute approximate surface area is 114 Å². The molecule has 0 radical (unpaired) electrons. The molecular weight excluding hydrogens is 292 g/mol. The molecule has 0 bridgehead atoms. The average Bonchev–Trinajstić information content (AvgIpc) is 2.85. The lowest BCUT2D eigenvalue weighted by Crippen LogP contribution is -1.88. The second kappa shape index (κ2) is 4.11. The number of halogens is 1. The summed E-state index contributed by atoms with van der Waals surface area (Å²) < 4.78 is 1.27. The Morgan fingerprint density at radius 2 is 1.94 bits per heavy atom. The van der Waals surface area contributed by atoms with E-state index in [9.17, 15) is 0 Å². The van der Waals surface area contributed by atoms with Crippen molar-refractivity contribution in [2.24, 2.45) is 0 Å². The van der Waals surface area contributed by atoms with E-state index in [0.29, 0.717) is 0 Å². The van der Waals surface area contributed by atoms with Crippen LogP contribution in [-0.2, 0) is 6.42 Å². The summed E-state index contributed by atoms with van der Waals surface area (Å²) in [5, 5.41) is 0. The number of aryl methyl sites for hydroxylation is 1. The first kappa shape index (κ1) is 11.2. The van der Waals surface area contributed by atoms with Crippen molar-refractivity contribution in [3.63, 3.8) is 0 Å². The molecule has 0 nitrogen and oxygen atoms in total. The zero-order valence-electron chi connectivity index (χ0n) is 9.88. The van der Waals surface area contributed by atoms with Gasteiger partial charge in [0.15, 0.2) is 0 Å². The first-order valence-electron chi connectivity index (χ1n) is 5.70. The summed E-state index contributed by atoms with van der Waals surface area (Å²) in [5.74, 6) is 0. The summed E-state index contributed by atoms with van der Waals surface area (Å²) in [6, 6.07) is 8.86. The minimum Gasteiger partial charge on any atom is -0.141 e. The molecule has 0 saturated carbocycles. The fourth-order valence-corrected chi connectivity index (χ4v) is 4.06. The summed E-state index contributed by atoms with van der Waals surface area (Å²) in [6.07, 6.45) is 3.36. The van der Waals surface area contributed by atoms with E-state index in [1.807, 2.05) is 11.3 Å². The van der Waals surface area contributed by atoms with Gasteiger partial charge in [0, 0.05) is 19.8 Å². The van der Waals surface area contributed by atoms with Crippen molar-refractivity contribution in [3.8, 4) is 10.4 Å². The van der Waals surface area contributed by atoms with Gasteiger partial charge in [0.2, 0.25) is 0 Å². The Morgan fingerprint density at radius 3 is 2.65 bits per heavy atom. The molecule has 1 heterocycles. The molecule has 17 heavy (non-hydrogen) atoms. The third-order valence-corrected chi connectivity index (χ3v) is 5.08. The van der Waals surface area contributed by atoms with Gasteiger partial charge < -0.3 is 0 Å². The zero-order valence-corrected chi connectivity index (χ0v) is 12.3. The molecule has 0 fully saturated rings. The highest BCUT2D eigenvalue weighted by molar-refractivity contribution is 9.10. The average molecular weight is 305 g/mol. The third-order valence-electron chi connectivity index (χ3n) is 3.14. The van der Waals surface area contributed by atoms with E-state index in [-0.39, 0.29) is 0 Å². The monoisotopic (exact) mass is 304 g/mol. The summed E-state index contributed by atoms with van der Waals surface area (Å²) in [7, 11) is 0. The quantitative estimate of drug-likeness (QED) is 0.657. The lowest BCUT2D eigenvalue weighted by molar-refractivity contribution is 1.18. The van der Waals surface area contributed by atoms with Crippen molar-refractivity contribution in [1.29, 1.82) is 0 Å². The molecule has 0 amide bonds. The molecule has 0 atom stereocenters. The van der Waals surface area contributed by atoms with Gasteiger partial charge in [-0.1, -0.05) is 23.8 Å². The third kappa shape index (κ3) is 1.90. The fraction of sp³-hybridized carbons (Fsp3) is 0.200. The van der Waals surface area contributed by atoms with Gasteiger partial charge in [0.05, 0.1) is 0 Å². The zero-order chi connectivity index (χ0) is 12.0. The molecule has 0 aliphatic heterocycles. The van der Waals surface area contributed by atoms with E-state index in [0.717, 1.165) is 6.42 Å². The van der Waals surface area contributed by atoms with Gasteiger partial charge in [-0.25, -0.2) is 0 Å². The Balaban J connectivity index is 2.14. The van der Waals surface area contributed by atoms with Crippen molar-refractivity contribution in [3.05, 3.63) is 50.3 Å². The van der Waals surface area contributed by atoms with Crippen LogP contribution in [0.4, 0.5) is 0 Å². The van der Waals surface area contributed by atoms with Crippen LogP contribution in [0, 0.1) is 6.92 Å². The topological polar surface area (TPSA) is 0 Å². The largest absolute Gasteiger partial charge is 0.141 e. The lowest BCUT2D eigenvalue weighted by Gasteiger charge is -2.08. The molecule has 1 aromatic heterocycles. The molecular formula is C15H13BrS. The van der Waals surface area contributed by atoms with Crippen molar-refractivity contribution in [1.82, 2.24) is 0 Å². The number of hydrogen-bond donors (Lipinski definition) is 0. The van der Waals surface area contributed by atoms with Crippen molar-refractivity contribution in [2.75, 3.05) is 0 Å². The Hall–Kier alpha value is -0.860. The Bertz CT molecular complexity index is 620. The first-order valence-corrected chi connectivity index (χ1v) is 7.31. The molecule has 3 rings (SSSR count). The van der Waals surface area contributed by atoms with E-state index < -0.39 is 0 Å². The highest BCUT2D eigenvalue weighted by Crippen LogP contribution is 2.40. The van der Waals surface area contributed by atoms with Gasteiger partial charge >= 0.3 is 0 Å². The van der Waals surface area contributed by atoms with E-state index in [2.05, 4.69) is 60.1 Å². The molecule has 2 heteroatoms. The molecule has 86 valence electrons. The fourth-order valence-electron chi connectivity index (χ4n) is 2.32. The van der Waals surface area contributed by atoms with Crippen LogP contribution in [-0.4, -0.2) is 0 Å². The van der Waals surface area contributed by atoms with Gasteiger partial charge in [-0.3, -0.25) is 0 Å². The molecule has 1 aromatic carbocycles. The van der Waals surface area contributed by atoms with Crippen LogP contribution in [0.15, 0.2) is 34.3 Å². The SMILES string of the molecule is CC1=Cc2ccc(-c3ccc(C)s3)c(Br)c2C1. The van der Waals surface area contributed by atoms with Crippen molar-refractivity contribution < 1.29 is 0 Å². The molecule has 0 spiro atoms. The van der Waals surface area contributed by atoms with Crippen LogP contribution in [0.3, 0.4) is 0 Å². The van der Waals surface area contributed by atoms with Crippen molar-refractivity contribution in [2.45, 2.75) is 20.3 Å². The predicted octanol–water partition coefficient (Wildman–Crippen LogP) is 5.45. The number of hydrogen-bond acceptors (Lipinski definition) is 1. The predicted molar refractivity (Wildman–Crippen MR) is 79.5 cm³/mol. The first-order chi connectivity index (χ1) is 8.15. The van der Waals surface area contributed by atoms with Crippen LogP contribution >= 0.6 is 27.3 Å². The number of rotatable bonds is 1. The highest BCUT2D eigenvalue weighted by Gasteiger charge is 2.16. The normalized spacial score (nSPS) is 13.7. The minimum atomic E-state index is 1.08. The molecule has 1 aliphatic carbocycles. The highest BCUT2D eigenvalue weighted by atomic mass is 79.9. The summed E-state index contributed by atoms with van der Waals surface area (Å²) in [5.41, 5.74) is 5.57. The van der Waals surface area contributed by atoms with Gasteiger partial charge in [-0.05, 0) is 59.5 Å². The van der Waals surface area contributed by atoms with Gasteiger partial charge in [-0.2, -0.15) is 0 Å². The smallest absolute Gasteiger partial charge is 0.0356 e.